The molecule has 3 nitrogen and oxygen atoms in total. The highest BCUT2D eigenvalue weighted by atomic mass is 35.5. The Morgan fingerprint density at radius 3 is 2.88 bits per heavy atom. The first-order chi connectivity index (χ1) is 7.58. The van der Waals surface area contributed by atoms with Crippen LogP contribution < -0.4 is 5.73 Å². The molecule has 5 heteroatoms. The average Bonchev–Trinajstić information content (AvgIpc) is 2.67. The van der Waals surface area contributed by atoms with Crippen LogP contribution in [0, 0.1) is 6.92 Å². The third-order valence-electron chi connectivity index (χ3n) is 2.24. The van der Waals surface area contributed by atoms with Gasteiger partial charge in [-0.15, -0.1) is 11.3 Å². The number of aromatic nitrogens is 1. The Labute approximate surface area is 103 Å². The zero-order valence-corrected chi connectivity index (χ0v) is 10.2. The molecule has 0 spiro atoms. The van der Waals surface area contributed by atoms with Gasteiger partial charge in [-0.3, -0.25) is 0 Å². The second-order valence-electron chi connectivity index (χ2n) is 3.53. The molecule has 2 rings (SSSR count). The van der Waals surface area contributed by atoms with Crippen molar-refractivity contribution in [3.05, 3.63) is 44.7 Å². The Morgan fingerprint density at radius 1 is 1.50 bits per heavy atom. The number of hydrogen-bond donors (Lipinski definition) is 2. The van der Waals surface area contributed by atoms with Gasteiger partial charge in [0.05, 0.1) is 4.34 Å². The summed E-state index contributed by atoms with van der Waals surface area (Å²) >= 11 is 7.16. The Morgan fingerprint density at radius 2 is 2.25 bits per heavy atom. The fourth-order valence-corrected chi connectivity index (χ4v) is 2.52. The molecule has 0 aliphatic carbocycles. The van der Waals surface area contributed by atoms with Crippen molar-refractivity contribution in [1.29, 1.82) is 0 Å². The summed E-state index contributed by atoms with van der Waals surface area (Å²) in [5.41, 5.74) is 7.32. The first-order valence-corrected chi connectivity index (χ1v) is 5.92. The number of hydrogen-bond acceptors (Lipinski definition) is 4. The average molecular weight is 255 g/mol. The summed E-state index contributed by atoms with van der Waals surface area (Å²) in [6.07, 6.45) is 0.914. The minimum atomic E-state index is -0.759. The number of thiophene rings is 1. The lowest BCUT2D eigenvalue weighted by molar-refractivity contribution is 0.224. The molecule has 1 unspecified atom stereocenters. The number of aliphatic hydroxyl groups is 1. The van der Waals surface area contributed by atoms with Crippen LogP contribution in [-0.2, 0) is 0 Å². The lowest BCUT2D eigenvalue weighted by Crippen LogP contribution is -2.04. The molecule has 84 valence electrons. The highest BCUT2D eigenvalue weighted by molar-refractivity contribution is 7.16. The molecule has 0 aromatic carbocycles. The Kier molecular flexibility index (Phi) is 3.14. The first kappa shape index (κ1) is 11.4. The van der Waals surface area contributed by atoms with E-state index in [1.54, 1.807) is 18.3 Å². The topological polar surface area (TPSA) is 59.1 Å². The van der Waals surface area contributed by atoms with E-state index in [0.717, 1.165) is 10.4 Å². The van der Waals surface area contributed by atoms with Crippen LogP contribution >= 0.6 is 22.9 Å². The van der Waals surface area contributed by atoms with Crippen molar-refractivity contribution in [1.82, 2.24) is 4.98 Å². The lowest BCUT2D eigenvalue weighted by atomic mass is 10.1. The van der Waals surface area contributed by atoms with Crippen molar-refractivity contribution >= 4 is 28.8 Å². The van der Waals surface area contributed by atoms with E-state index in [0.29, 0.717) is 15.7 Å². The van der Waals surface area contributed by atoms with Crippen molar-refractivity contribution in [2.45, 2.75) is 13.0 Å². The van der Waals surface area contributed by atoms with Gasteiger partial charge in [0.15, 0.2) is 0 Å². The largest absolute Gasteiger partial charge is 0.383 e. The summed E-state index contributed by atoms with van der Waals surface area (Å²) in [6, 6.07) is 5.38. The summed E-state index contributed by atoms with van der Waals surface area (Å²) in [6.45, 7) is 1.91. The maximum Gasteiger partial charge on any atom is 0.129 e. The molecule has 1 atom stereocenters. The minimum Gasteiger partial charge on any atom is -0.383 e. The van der Waals surface area contributed by atoms with Gasteiger partial charge in [-0.2, -0.15) is 0 Å². The van der Waals surface area contributed by atoms with Crippen molar-refractivity contribution in [3.63, 3.8) is 0 Å². The van der Waals surface area contributed by atoms with Crippen LogP contribution in [-0.4, -0.2) is 10.1 Å². The van der Waals surface area contributed by atoms with Crippen LogP contribution in [0.3, 0.4) is 0 Å². The van der Waals surface area contributed by atoms with E-state index in [1.807, 2.05) is 13.0 Å². The molecule has 0 fully saturated rings. The first-order valence-electron chi connectivity index (χ1n) is 4.73. The fraction of sp³-hybridized carbons (Fsp3) is 0.182. The second kappa shape index (κ2) is 4.41. The standard InChI is InChI=1S/C11H11ClN2OS/c1-6-4-7(11(13)14-5-6)10(15)8-2-3-9(12)16-8/h2-5,10,15H,1H3,(H2,13,14). The second-order valence-corrected chi connectivity index (χ2v) is 5.28. The molecule has 0 saturated heterocycles. The molecule has 2 aromatic heterocycles. The highest BCUT2D eigenvalue weighted by Gasteiger charge is 2.16. The van der Waals surface area contributed by atoms with Crippen LogP contribution in [0.1, 0.15) is 22.1 Å². The molecule has 0 saturated carbocycles. The van der Waals surface area contributed by atoms with Crippen LogP contribution in [0.5, 0.6) is 0 Å². The third-order valence-corrected chi connectivity index (χ3v) is 3.53. The number of aryl methyl sites for hydroxylation is 1. The van der Waals surface area contributed by atoms with E-state index in [9.17, 15) is 5.11 Å². The van der Waals surface area contributed by atoms with Crippen molar-refractivity contribution in [2.75, 3.05) is 5.73 Å². The minimum absolute atomic E-state index is 0.350. The fourth-order valence-electron chi connectivity index (χ4n) is 1.45. The van der Waals surface area contributed by atoms with Gasteiger partial charge >= 0.3 is 0 Å². The zero-order chi connectivity index (χ0) is 11.7. The summed E-state index contributed by atoms with van der Waals surface area (Å²) in [7, 11) is 0. The number of aliphatic hydroxyl groups excluding tert-OH is 1. The van der Waals surface area contributed by atoms with Gasteiger partial charge < -0.3 is 10.8 Å². The monoisotopic (exact) mass is 254 g/mol. The van der Waals surface area contributed by atoms with Crippen molar-refractivity contribution in [2.24, 2.45) is 0 Å². The van der Waals surface area contributed by atoms with Gasteiger partial charge in [0.25, 0.3) is 0 Å². The van der Waals surface area contributed by atoms with Gasteiger partial charge in [0.2, 0.25) is 0 Å². The van der Waals surface area contributed by atoms with Crippen molar-refractivity contribution < 1.29 is 5.11 Å². The molecule has 0 aliphatic heterocycles. The summed E-state index contributed by atoms with van der Waals surface area (Å²) in [5.74, 6) is 0.350. The van der Waals surface area contributed by atoms with Crippen molar-refractivity contribution in [3.8, 4) is 0 Å². The van der Waals surface area contributed by atoms with Gasteiger partial charge in [-0.05, 0) is 30.7 Å². The molecule has 0 bridgehead atoms. The molecular formula is C11H11ClN2OS. The van der Waals surface area contributed by atoms with Crippen LogP contribution in [0.2, 0.25) is 4.34 Å². The normalized spacial score (nSPS) is 12.7. The maximum absolute atomic E-state index is 10.1. The van der Waals surface area contributed by atoms with Gasteiger partial charge in [-0.25, -0.2) is 4.98 Å². The number of nitrogens with zero attached hydrogens (tertiary/aromatic N) is 1. The number of nitrogen functional groups attached to an aromatic ring is 1. The van der Waals surface area contributed by atoms with E-state index in [1.165, 1.54) is 11.3 Å². The summed E-state index contributed by atoms with van der Waals surface area (Å²) < 4.78 is 0.647. The van der Waals surface area contributed by atoms with Crippen LogP contribution in [0.15, 0.2) is 24.4 Å². The zero-order valence-electron chi connectivity index (χ0n) is 8.64. The number of anilines is 1. The van der Waals surface area contributed by atoms with Gasteiger partial charge in [0, 0.05) is 16.6 Å². The highest BCUT2D eigenvalue weighted by Crippen LogP contribution is 2.32. The Balaban J connectivity index is 2.40. The van der Waals surface area contributed by atoms with Crippen LogP contribution in [0.4, 0.5) is 5.82 Å². The number of rotatable bonds is 2. The SMILES string of the molecule is Cc1cnc(N)c(C(O)c2ccc(Cl)s2)c1. The maximum atomic E-state index is 10.1. The van der Waals surface area contributed by atoms with Crippen LogP contribution in [0.25, 0.3) is 0 Å². The van der Waals surface area contributed by atoms with E-state index in [-0.39, 0.29) is 0 Å². The molecule has 0 amide bonds. The third kappa shape index (κ3) is 2.19. The quantitative estimate of drug-likeness (QED) is 0.866. The van der Waals surface area contributed by atoms with Gasteiger partial charge in [-0.1, -0.05) is 11.6 Å². The van der Waals surface area contributed by atoms with E-state index in [2.05, 4.69) is 4.98 Å². The molecule has 0 aliphatic rings. The predicted octanol–water partition coefficient (Wildman–Crippen LogP) is 2.77. The number of pyridine rings is 1. The molecule has 2 heterocycles. The Hall–Kier alpha value is -1.10. The summed E-state index contributed by atoms with van der Waals surface area (Å²) in [4.78, 5) is 4.79. The molecule has 2 aromatic rings. The van der Waals surface area contributed by atoms with E-state index < -0.39 is 6.10 Å². The van der Waals surface area contributed by atoms with E-state index in [4.69, 9.17) is 17.3 Å². The molecule has 16 heavy (non-hydrogen) atoms. The van der Waals surface area contributed by atoms with E-state index >= 15 is 0 Å². The van der Waals surface area contributed by atoms with Gasteiger partial charge in [0.1, 0.15) is 11.9 Å². The predicted molar refractivity (Wildman–Crippen MR) is 66.8 cm³/mol. The smallest absolute Gasteiger partial charge is 0.129 e. The molecule has 3 N–H and O–H groups in total. The summed E-state index contributed by atoms with van der Waals surface area (Å²) in [5, 5.41) is 10.1. The molecule has 0 radical (unpaired) electrons. The molecular weight excluding hydrogens is 244 g/mol. The Bertz CT molecular complexity index is 512. The number of halogens is 1. The lowest BCUT2D eigenvalue weighted by Gasteiger charge is -2.11. The number of nitrogens with two attached hydrogens (primary N) is 1.